The van der Waals surface area contributed by atoms with Crippen LogP contribution in [0.25, 0.3) is 0 Å². The molecule has 0 spiro atoms. The molecular formula is C25H34FNO4. The Balaban J connectivity index is 2.71. The maximum atomic E-state index is 12.9. The quantitative estimate of drug-likeness (QED) is 0.236. The Hall–Kier alpha value is -2.70. The van der Waals surface area contributed by atoms with Crippen LogP contribution in [0.2, 0.25) is 0 Å². The molecule has 0 aromatic heterocycles. The molecule has 170 valence electrons. The number of rotatable bonds is 14. The second-order valence-electron chi connectivity index (χ2n) is 7.42. The molecule has 0 heterocycles. The third-order valence-corrected chi connectivity index (χ3v) is 4.24. The van der Waals surface area contributed by atoms with Gasteiger partial charge in [-0.3, -0.25) is 9.69 Å². The van der Waals surface area contributed by atoms with Crippen molar-refractivity contribution in [2.45, 2.75) is 39.2 Å². The van der Waals surface area contributed by atoms with Gasteiger partial charge in [0.15, 0.2) is 0 Å². The Bertz CT molecular complexity index is 755. The van der Waals surface area contributed by atoms with E-state index < -0.39 is 11.4 Å². The van der Waals surface area contributed by atoms with Gasteiger partial charge < -0.3 is 14.6 Å². The van der Waals surface area contributed by atoms with E-state index in [4.69, 9.17) is 9.47 Å². The highest BCUT2D eigenvalue weighted by Crippen LogP contribution is 2.34. The Morgan fingerprint density at radius 1 is 1.23 bits per heavy atom. The molecule has 0 unspecified atom stereocenters. The molecule has 5 nitrogen and oxygen atoms in total. The summed E-state index contributed by atoms with van der Waals surface area (Å²) >= 11 is 0. The third-order valence-electron chi connectivity index (χ3n) is 4.24. The highest BCUT2D eigenvalue weighted by Gasteiger charge is 2.40. The molecule has 1 aliphatic carbocycles. The van der Waals surface area contributed by atoms with Gasteiger partial charge in [0, 0.05) is 17.8 Å². The van der Waals surface area contributed by atoms with Crippen LogP contribution in [0.15, 0.2) is 85.2 Å². The fourth-order valence-corrected chi connectivity index (χ4v) is 2.27. The van der Waals surface area contributed by atoms with Gasteiger partial charge in [-0.05, 0) is 56.2 Å². The standard InChI is InChI=1S/C25H34FNO4/c1-5-11-23(13-9-18-31-20-25(29)14-15-25)27(24(28)21(3)4)16-10-19-30-17-8-7-12-22(26)6-2/h5-13,16,18,21,29H,2,14-15,17,19-20H2,1,3-4H3/b8-7+,11-5+,16-10-,18-9+,22-12+,23-13+. The average molecular weight is 432 g/mol. The lowest BCUT2D eigenvalue weighted by Gasteiger charge is -2.21. The maximum absolute atomic E-state index is 12.9. The van der Waals surface area contributed by atoms with Gasteiger partial charge in [-0.1, -0.05) is 38.7 Å². The van der Waals surface area contributed by atoms with E-state index in [1.165, 1.54) is 12.3 Å². The van der Waals surface area contributed by atoms with Crippen molar-refractivity contribution in [2.24, 2.45) is 5.92 Å². The van der Waals surface area contributed by atoms with Crippen LogP contribution in [0.1, 0.15) is 33.6 Å². The lowest BCUT2D eigenvalue weighted by molar-refractivity contribution is -0.130. The largest absolute Gasteiger partial charge is 0.498 e. The summed E-state index contributed by atoms with van der Waals surface area (Å²) in [5.41, 5.74) is 0.000749. The van der Waals surface area contributed by atoms with Crippen LogP contribution in [0.3, 0.4) is 0 Å². The van der Waals surface area contributed by atoms with E-state index >= 15 is 0 Å². The molecule has 1 fully saturated rings. The van der Waals surface area contributed by atoms with Crippen molar-refractivity contribution in [3.63, 3.8) is 0 Å². The van der Waals surface area contributed by atoms with E-state index in [1.807, 2.05) is 32.9 Å². The number of hydrogen-bond donors (Lipinski definition) is 1. The fourth-order valence-electron chi connectivity index (χ4n) is 2.27. The van der Waals surface area contributed by atoms with Crippen molar-refractivity contribution in [3.05, 3.63) is 85.2 Å². The summed E-state index contributed by atoms with van der Waals surface area (Å²) in [5, 5.41) is 9.78. The molecule has 0 aromatic carbocycles. The first-order valence-electron chi connectivity index (χ1n) is 10.4. The molecule has 0 radical (unpaired) electrons. The van der Waals surface area contributed by atoms with E-state index in [2.05, 4.69) is 6.58 Å². The smallest absolute Gasteiger partial charge is 0.233 e. The molecule has 1 aliphatic rings. The zero-order valence-electron chi connectivity index (χ0n) is 18.7. The second-order valence-corrected chi connectivity index (χ2v) is 7.42. The number of aliphatic hydroxyl groups is 1. The first-order valence-corrected chi connectivity index (χ1v) is 10.4. The topological polar surface area (TPSA) is 59.0 Å². The van der Waals surface area contributed by atoms with E-state index in [0.29, 0.717) is 18.9 Å². The minimum Gasteiger partial charge on any atom is -0.498 e. The summed E-state index contributed by atoms with van der Waals surface area (Å²) in [4.78, 5) is 14.3. The third kappa shape index (κ3) is 11.3. The number of carbonyl (C=O) groups excluding carboxylic acids is 1. The normalized spacial score (nSPS) is 16.8. The van der Waals surface area contributed by atoms with Crippen molar-refractivity contribution in [1.29, 1.82) is 0 Å². The molecule has 0 saturated heterocycles. The van der Waals surface area contributed by atoms with Gasteiger partial charge in [0.2, 0.25) is 5.91 Å². The maximum Gasteiger partial charge on any atom is 0.233 e. The van der Waals surface area contributed by atoms with Crippen molar-refractivity contribution >= 4 is 5.91 Å². The predicted octanol–water partition coefficient (Wildman–Crippen LogP) is 5.11. The van der Waals surface area contributed by atoms with Gasteiger partial charge in [-0.25, -0.2) is 4.39 Å². The summed E-state index contributed by atoms with van der Waals surface area (Å²) in [6.45, 7) is 9.75. The Morgan fingerprint density at radius 3 is 2.55 bits per heavy atom. The summed E-state index contributed by atoms with van der Waals surface area (Å²) in [6.07, 6.45) is 19.3. The molecule has 1 saturated carbocycles. The van der Waals surface area contributed by atoms with Gasteiger partial charge >= 0.3 is 0 Å². The SMILES string of the molecule is C=C/C(F)=C\C=C\COC/C=C\N(C(=O)C(C)C)C(/C=C/C)=C/C=C/OCC1(O)CC1. The Kier molecular flexibility index (Phi) is 12.2. The summed E-state index contributed by atoms with van der Waals surface area (Å²) in [5.74, 6) is -0.671. The summed E-state index contributed by atoms with van der Waals surface area (Å²) in [6, 6.07) is 0. The Labute approximate surface area is 185 Å². The van der Waals surface area contributed by atoms with Gasteiger partial charge in [0.25, 0.3) is 0 Å². The number of nitrogens with zero attached hydrogens (tertiary/aromatic N) is 1. The monoisotopic (exact) mass is 431 g/mol. The van der Waals surface area contributed by atoms with E-state index in [9.17, 15) is 14.3 Å². The van der Waals surface area contributed by atoms with Gasteiger partial charge in [0.1, 0.15) is 12.4 Å². The van der Waals surface area contributed by atoms with E-state index in [0.717, 1.165) is 18.9 Å². The lowest BCUT2D eigenvalue weighted by atomic mass is 10.1. The van der Waals surface area contributed by atoms with Crippen LogP contribution >= 0.6 is 0 Å². The van der Waals surface area contributed by atoms with Gasteiger partial charge in [-0.15, -0.1) is 0 Å². The van der Waals surface area contributed by atoms with Gasteiger partial charge in [0.05, 0.1) is 25.1 Å². The molecule has 0 atom stereocenters. The summed E-state index contributed by atoms with van der Waals surface area (Å²) < 4.78 is 23.7. The highest BCUT2D eigenvalue weighted by molar-refractivity contribution is 5.81. The van der Waals surface area contributed by atoms with Crippen molar-refractivity contribution in [3.8, 4) is 0 Å². The zero-order valence-corrected chi connectivity index (χ0v) is 18.7. The number of hydrogen-bond acceptors (Lipinski definition) is 4. The Morgan fingerprint density at radius 2 is 1.94 bits per heavy atom. The van der Waals surface area contributed by atoms with Crippen LogP contribution < -0.4 is 0 Å². The molecular weight excluding hydrogens is 397 g/mol. The molecule has 1 N–H and O–H groups in total. The first-order chi connectivity index (χ1) is 14.8. The van der Waals surface area contributed by atoms with Crippen LogP contribution in [0.4, 0.5) is 4.39 Å². The summed E-state index contributed by atoms with van der Waals surface area (Å²) in [7, 11) is 0. The van der Waals surface area contributed by atoms with Crippen LogP contribution in [0, 0.1) is 5.92 Å². The van der Waals surface area contributed by atoms with Crippen LogP contribution in [-0.2, 0) is 14.3 Å². The number of carbonyl (C=O) groups is 1. The van der Waals surface area contributed by atoms with Crippen molar-refractivity contribution in [1.82, 2.24) is 4.90 Å². The molecule has 0 aliphatic heterocycles. The number of amides is 1. The number of ether oxygens (including phenoxy) is 2. The molecule has 0 bridgehead atoms. The second kappa shape index (κ2) is 14.3. The molecule has 6 heteroatoms. The van der Waals surface area contributed by atoms with E-state index in [1.54, 1.807) is 41.5 Å². The highest BCUT2D eigenvalue weighted by atomic mass is 19.1. The fraction of sp³-hybridized carbons (Fsp3) is 0.400. The van der Waals surface area contributed by atoms with E-state index in [-0.39, 0.29) is 18.4 Å². The minimum atomic E-state index is -0.673. The van der Waals surface area contributed by atoms with Crippen LogP contribution in [-0.4, -0.2) is 41.3 Å². The minimum absolute atomic E-state index is 0.0628. The molecule has 0 aromatic rings. The first kappa shape index (κ1) is 26.3. The number of allylic oxidation sites excluding steroid dienone is 8. The molecule has 31 heavy (non-hydrogen) atoms. The molecule has 1 amide bonds. The number of halogens is 1. The van der Waals surface area contributed by atoms with Gasteiger partial charge in [-0.2, -0.15) is 0 Å². The lowest BCUT2D eigenvalue weighted by Crippen LogP contribution is -2.28. The molecule has 1 rings (SSSR count). The predicted molar refractivity (Wildman–Crippen MR) is 122 cm³/mol. The van der Waals surface area contributed by atoms with Crippen molar-refractivity contribution < 1.29 is 23.8 Å². The zero-order chi connectivity index (χ0) is 23.1. The average Bonchev–Trinajstić information content (AvgIpc) is 3.48. The van der Waals surface area contributed by atoms with Crippen LogP contribution in [0.5, 0.6) is 0 Å². The van der Waals surface area contributed by atoms with Crippen molar-refractivity contribution in [2.75, 3.05) is 19.8 Å².